The molecule has 2 aromatic heterocycles. The maximum atomic E-state index is 10.3. The number of hydrogen-bond acceptors (Lipinski definition) is 9. The van der Waals surface area contributed by atoms with Gasteiger partial charge >= 0.3 is 17.5 Å². The van der Waals surface area contributed by atoms with Gasteiger partial charge in [0.2, 0.25) is 0 Å². The highest BCUT2D eigenvalue weighted by Crippen LogP contribution is 2.17. The van der Waals surface area contributed by atoms with Gasteiger partial charge in [-0.1, -0.05) is 0 Å². The van der Waals surface area contributed by atoms with Crippen LogP contribution in [0.1, 0.15) is 6.92 Å². The molecule has 0 fully saturated rings. The molecule has 2 heterocycles. The van der Waals surface area contributed by atoms with E-state index in [1.165, 1.54) is 24.8 Å². The molecule has 2 rings (SSSR count). The minimum atomic E-state index is -0.785. The third-order valence-electron chi connectivity index (χ3n) is 2.53. The molecule has 0 N–H and O–H groups in total. The predicted octanol–water partition coefficient (Wildman–Crippen LogP) is 0.963. The van der Waals surface area contributed by atoms with Crippen LogP contribution < -0.4 is 4.74 Å². The molecule has 0 aromatic carbocycles. The highest BCUT2D eigenvalue weighted by molar-refractivity contribution is 5.31. The Labute approximate surface area is 133 Å². The average Bonchev–Trinajstić information content (AvgIpc) is 3.03. The van der Waals surface area contributed by atoms with Gasteiger partial charge in [-0.15, -0.1) is 4.68 Å². The maximum absolute atomic E-state index is 10.3. The molecule has 0 aliphatic rings. The fourth-order valence-corrected chi connectivity index (χ4v) is 1.52. The summed E-state index contributed by atoms with van der Waals surface area (Å²) in [5.74, 6) is -0.712. The maximum Gasteiger partial charge on any atom is 0.420 e. The van der Waals surface area contributed by atoms with Crippen molar-refractivity contribution in [1.82, 2.24) is 19.6 Å². The lowest BCUT2D eigenvalue weighted by Gasteiger charge is -1.91. The smallest absolute Gasteiger partial charge is 0.420 e. The van der Waals surface area contributed by atoms with E-state index in [0.717, 1.165) is 10.7 Å². The van der Waals surface area contributed by atoms with Crippen molar-refractivity contribution in [2.75, 3.05) is 6.61 Å². The lowest BCUT2D eigenvalue weighted by atomic mass is 10.6. The highest BCUT2D eigenvalue weighted by Gasteiger charge is 2.24. The van der Waals surface area contributed by atoms with Crippen LogP contribution in [0.5, 0.6) is 5.88 Å². The van der Waals surface area contributed by atoms with Crippen LogP contribution in [0.4, 0.5) is 17.5 Å². The van der Waals surface area contributed by atoms with Crippen LogP contribution in [-0.4, -0.2) is 40.9 Å². The highest BCUT2D eigenvalue weighted by atomic mass is 16.6. The molecule has 2 aromatic rings. The number of nitrogens with zero attached hydrogens (tertiary/aromatic N) is 7. The summed E-state index contributed by atoms with van der Waals surface area (Å²) >= 11 is 0. The van der Waals surface area contributed by atoms with Crippen LogP contribution in [0.2, 0.25) is 0 Å². The van der Waals surface area contributed by atoms with Crippen molar-refractivity contribution in [2.24, 2.45) is 14.1 Å². The van der Waals surface area contributed by atoms with Gasteiger partial charge < -0.3 is 35.1 Å². The van der Waals surface area contributed by atoms with E-state index in [9.17, 15) is 30.3 Å². The van der Waals surface area contributed by atoms with Gasteiger partial charge in [0.05, 0.1) is 12.7 Å². The second-order valence-corrected chi connectivity index (χ2v) is 4.15. The van der Waals surface area contributed by atoms with Crippen molar-refractivity contribution in [1.29, 1.82) is 0 Å². The molecule has 0 aliphatic heterocycles. The molecule has 0 unspecified atom stereocenters. The normalized spacial score (nSPS) is 9.79. The molecule has 0 bridgehead atoms. The summed E-state index contributed by atoms with van der Waals surface area (Å²) in [5, 5.41) is 37.7. The van der Waals surface area contributed by atoms with E-state index in [0.29, 0.717) is 6.61 Å². The zero-order valence-electron chi connectivity index (χ0n) is 12.9. The molecule has 0 atom stereocenters. The Morgan fingerprint density at radius 3 is 1.79 bits per heavy atom. The van der Waals surface area contributed by atoms with E-state index in [4.69, 9.17) is 4.74 Å². The molecular formula is C10H13N7O7. The SMILES string of the molecule is CCOc1cc([N+](=O)[O-])n(C)n1.Cn1nc([N+](=O)[O-])cc1[N+](=O)[O-]. The van der Waals surface area contributed by atoms with Crippen LogP contribution in [0.25, 0.3) is 0 Å². The monoisotopic (exact) mass is 343 g/mol. The zero-order valence-corrected chi connectivity index (χ0v) is 12.9. The number of ether oxygens (including phenoxy) is 1. The standard InChI is InChI=1S/C6H9N3O3.C4H4N4O4/c1-3-12-5-4-6(9(10)11)8(2)7-5;1-6-4(8(11)12)2-3(5-6)7(9)10/h4H,3H2,1-2H3;2H,1H3. The number of aryl methyl sites for hydroxylation is 2. The molecule has 14 heteroatoms. The second-order valence-electron chi connectivity index (χ2n) is 4.15. The summed E-state index contributed by atoms with van der Waals surface area (Å²) < 4.78 is 7.00. The van der Waals surface area contributed by atoms with Crippen molar-refractivity contribution >= 4 is 17.5 Å². The number of aromatic nitrogens is 4. The van der Waals surface area contributed by atoms with Gasteiger partial charge in [0.25, 0.3) is 5.88 Å². The summed E-state index contributed by atoms with van der Waals surface area (Å²) in [7, 11) is 2.77. The van der Waals surface area contributed by atoms with Crippen LogP contribution in [0.3, 0.4) is 0 Å². The van der Waals surface area contributed by atoms with E-state index >= 15 is 0 Å². The minimum absolute atomic E-state index is 0.0709. The van der Waals surface area contributed by atoms with E-state index in [-0.39, 0.29) is 11.7 Å². The number of nitro groups is 3. The molecular weight excluding hydrogens is 330 g/mol. The first kappa shape index (κ1) is 18.5. The number of hydrogen-bond donors (Lipinski definition) is 0. The van der Waals surface area contributed by atoms with Crippen LogP contribution >= 0.6 is 0 Å². The van der Waals surface area contributed by atoms with Gasteiger partial charge in [-0.25, -0.2) is 0 Å². The fraction of sp³-hybridized carbons (Fsp3) is 0.400. The molecule has 14 nitrogen and oxygen atoms in total. The second kappa shape index (κ2) is 7.61. The molecule has 130 valence electrons. The Kier molecular flexibility index (Phi) is 5.86. The Hall–Kier alpha value is -3.58. The van der Waals surface area contributed by atoms with Crippen molar-refractivity contribution in [3.05, 3.63) is 42.5 Å². The number of rotatable bonds is 5. The van der Waals surface area contributed by atoms with Gasteiger partial charge in [0.1, 0.15) is 25.3 Å². The van der Waals surface area contributed by atoms with Gasteiger partial charge in [-0.2, -0.15) is 0 Å². The van der Waals surface area contributed by atoms with Crippen LogP contribution in [-0.2, 0) is 14.1 Å². The first-order chi connectivity index (χ1) is 11.2. The molecule has 0 radical (unpaired) electrons. The van der Waals surface area contributed by atoms with Gasteiger partial charge in [-0.3, -0.25) is 0 Å². The van der Waals surface area contributed by atoms with Crippen LogP contribution in [0, 0.1) is 30.3 Å². The summed E-state index contributed by atoms with van der Waals surface area (Å²) in [5.41, 5.74) is 0. The van der Waals surface area contributed by atoms with Crippen LogP contribution in [0.15, 0.2) is 12.1 Å². The van der Waals surface area contributed by atoms with Crippen molar-refractivity contribution in [3.63, 3.8) is 0 Å². The fourth-order valence-electron chi connectivity index (χ4n) is 1.52. The molecule has 0 saturated heterocycles. The molecule has 0 amide bonds. The van der Waals surface area contributed by atoms with Crippen molar-refractivity contribution in [2.45, 2.75) is 6.92 Å². The molecule has 0 spiro atoms. The molecule has 24 heavy (non-hydrogen) atoms. The lowest BCUT2D eigenvalue weighted by molar-refractivity contribution is -0.395. The quantitative estimate of drug-likeness (QED) is 0.565. The van der Waals surface area contributed by atoms with Gasteiger partial charge in [-0.05, 0) is 31.5 Å². The van der Waals surface area contributed by atoms with E-state index in [1.807, 2.05) is 0 Å². The van der Waals surface area contributed by atoms with E-state index in [2.05, 4.69) is 10.2 Å². The molecule has 0 saturated carbocycles. The Morgan fingerprint density at radius 1 is 0.958 bits per heavy atom. The van der Waals surface area contributed by atoms with Crippen molar-refractivity contribution < 1.29 is 19.5 Å². The lowest BCUT2D eigenvalue weighted by Crippen LogP contribution is -1.98. The average molecular weight is 343 g/mol. The molecule has 0 aliphatic carbocycles. The predicted molar refractivity (Wildman–Crippen MR) is 77.5 cm³/mol. The Morgan fingerprint density at radius 2 is 1.46 bits per heavy atom. The van der Waals surface area contributed by atoms with Gasteiger partial charge in [0.15, 0.2) is 0 Å². The topological polar surface area (TPSA) is 174 Å². The summed E-state index contributed by atoms with van der Waals surface area (Å²) in [4.78, 5) is 28.6. The Balaban J connectivity index is 0.000000240. The van der Waals surface area contributed by atoms with Gasteiger partial charge in [0, 0.05) is 0 Å². The minimum Gasteiger partial charge on any atom is -0.475 e. The Bertz CT molecular complexity index is 766. The van der Waals surface area contributed by atoms with Crippen molar-refractivity contribution in [3.8, 4) is 5.88 Å². The summed E-state index contributed by atoms with van der Waals surface area (Å²) in [6, 6.07) is 2.10. The van der Waals surface area contributed by atoms with E-state index in [1.54, 1.807) is 6.92 Å². The summed E-state index contributed by atoms with van der Waals surface area (Å²) in [6.07, 6.45) is 0. The summed E-state index contributed by atoms with van der Waals surface area (Å²) in [6.45, 7) is 2.24. The third-order valence-corrected chi connectivity index (χ3v) is 2.53. The first-order valence-electron chi connectivity index (χ1n) is 6.31. The van der Waals surface area contributed by atoms with E-state index < -0.39 is 26.4 Å². The largest absolute Gasteiger partial charge is 0.475 e. The zero-order chi connectivity index (χ0) is 18.4. The third kappa shape index (κ3) is 4.46. The first-order valence-corrected chi connectivity index (χ1v) is 6.31.